The van der Waals surface area contributed by atoms with Crippen LogP contribution in [-0.4, -0.2) is 48.0 Å². The van der Waals surface area contributed by atoms with Crippen LogP contribution < -0.4 is 0 Å². The van der Waals surface area contributed by atoms with Crippen molar-refractivity contribution in [2.45, 2.75) is 45.6 Å². The molecule has 4 nitrogen and oxygen atoms in total. The standard InChI is InChI=1S/C17H29N3O/c1-12(2)20-16(11-13(3)18-20)17-14-5-7-19(9-10-21-4)8-6-15(14)17/h11-12,14-15,17H,5-10H2,1-4H3. The summed E-state index contributed by atoms with van der Waals surface area (Å²) in [6.45, 7) is 11.0. The molecule has 2 unspecified atom stereocenters. The Kier molecular flexibility index (Phi) is 4.36. The van der Waals surface area contributed by atoms with Gasteiger partial charge in [0.25, 0.3) is 0 Å². The second-order valence-corrected chi connectivity index (χ2v) is 7.01. The Hall–Kier alpha value is -0.870. The van der Waals surface area contributed by atoms with Gasteiger partial charge in [0.2, 0.25) is 0 Å². The molecule has 0 aromatic carbocycles. The first-order chi connectivity index (χ1) is 10.1. The molecule has 1 aliphatic carbocycles. The van der Waals surface area contributed by atoms with Crippen LogP contribution in [0.25, 0.3) is 0 Å². The number of ether oxygens (including phenoxy) is 1. The number of nitrogens with zero attached hydrogens (tertiary/aromatic N) is 3. The van der Waals surface area contributed by atoms with Crippen molar-refractivity contribution >= 4 is 0 Å². The van der Waals surface area contributed by atoms with E-state index in [0.29, 0.717) is 6.04 Å². The predicted molar refractivity (Wildman–Crippen MR) is 84.6 cm³/mol. The van der Waals surface area contributed by atoms with E-state index in [4.69, 9.17) is 9.84 Å². The number of hydrogen-bond donors (Lipinski definition) is 0. The summed E-state index contributed by atoms with van der Waals surface area (Å²) in [5.74, 6) is 2.52. The van der Waals surface area contributed by atoms with Crippen molar-refractivity contribution in [3.63, 3.8) is 0 Å². The van der Waals surface area contributed by atoms with Crippen LogP contribution in [0.15, 0.2) is 6.07 Å². The lowest BCUT2D eigenvalue weighted by Crippen LogP contribution is -2.29. The molecule has 2 heterocycles. The first-order valence-electron chi connectivity index (χ1n) is 8.39. The number of rotatable bonds is 5. The molecule has 4 heteroatoms. The Morgan fingerprint density at radius 2 is 1.95 bits per heavy atom. The van der Waals surface area contributed by atoms with Crippen LogP contribution in [0, 0.1) is 18.8 Å². The molecule has 2 fully saturated rings. The zero-order valence-corrected chi connectivity index (χ0v) is 13.9. The second kappa shape index (κ2) is 6.09. The second-order valence-electron chi connectivity index (χ2n) is 7.01. The molecule has 1 saturated carbocycles. The number of fused-ring (bicyclic) bond motifs is 1. The minimum Gasteiger partial charge on any atom is -0.383 e. The summed E-state index contributed by atoms with van der Waals surface area (Å²) in [5, 5.41) is 4.70. The van der Waals surface area contributed by atoms with Gasteiger partial charge in [-0.1, -0.05) is 0 Å². The molecule has 3 rings (SSSR count). The molecule has 1 saturated heterocycles. The van der Waals surface area contributed by atoms with E-state index in [1.165, 1.54) is 37.3 Å². The molecular formula is C17H29N3O. The highest BCUT2D eigenvalue weighted by atomic mass is 16.5. The molecular weight excluding hydrogens is 262 g/mol. The Labute approximate surface area is 128 Å². The maximum Gasteiger partial charge on any atom is 0.0596 e. The average molecular weight is 291 g/mol. The van der Waals surface area contributed by atoms with Gasteiger partial charge in [0, 0.05) is 31.3 Å². The van der Waals surface area contributed by atoms with Crippen molar-refractivity contribution in [3.05, 3.63) is 17.5 Å². The lowest BCUT2D eigenvalue weighted by atomic mass is 10.1. The van der Waals surface area contributed by atoms with E-state index in [9.17, 15) is 0 Å². The molecule has 1 aromatic rings. The summed E-state index contributed by atoms with van der Waals surface area (Å²) in [7, 11) is 1.79. The lowest BCUT2D eigenvalue weighted by Gasteiger charge is -2.21. The van der Waals surface area contributed by atoms with Gasteiger partial charge in [0.1, 0.15) is 0 Å². The van der Waals surface area contributed by atoms with Crippen molar-refractivity contribution in [3.8, 4) is 0 Å². The normalized spacial score (nSPS) is 29.5. The van der Waals surface area contributed by atoms with E-state index >= 15 is 0 Å². The molecule has 1 aliphatic heterocycles. The fourth-order valence-corrected chi connectivity index (χ4v) is 4.09. The molecule has 2 aliphatic rings. The minimum atomic E-state index is 0.469. The Bertz CT molecular complexity index is 468. The topological polar surface area (TPSA) is 30.3 Å². The van der Waals surface area contributed by atoms with Gasteiger partial charge in [-0.2, -0.15) is 5.10 Å². The number of hydrogen-bond acceptors (Lipinski definition) is 3. The Morgan fingerprint density at radius 3 is 2.52 bits per heavy atom. The molecule has 21 heavy (non-hydrogen) atoms. The monoisotopic (exact) mass is 291 g/mol. The van der Waals surface area contributed by atoms with Crippen molar-refractivity contribution in [2.24, 2.45) is 11.8 Å². The Balaban J connectivity index is 1.65. The molecule has 0 bridgehead atoms. The van der Waals surface area contributed by atoms with Crippen LogP contribution in [0.1, 0.15) is 50.0 Å². The van der Waals surface area contributed by atoms with Gasteiger partial charge in [-0.15, -0.1) is 0 Å². The van der Waals surface area contributed by atoms with Gasteiger partial charge in [0.05, 0.1) is 12.3 Å². The van der Waals surface area contributed by atoms with Gasteiger partial charge in [0.15, 0.2) is 0 Å². The Morgan fingerprint density at radius 1 is 1.29 bits per heavy atom. The van der Waals surface area contributed by atoms with Gasteiger partial charge in [-0.05, 0) is 64.6 Å². The SMILES string of the molecule is COCCN1CCC2C(CC1)C2c1cc(C)nn1C(C)C. The summed E-state index contributed by atoms with van der Waals surface area (Å²) in [4.78, 5) is 2.57. The third kappa shape index (κ3) is 3.02. The summed E-state index contributed by atoms with van der Waals surface area (Å²) < 4.78 is 7.47. The third-order valence-corrected chi connectivity index (χ3v) is 5.22. The van der Waals surface area contributed by atoms with E-state index in [-0.39, 0.29) is 0 Å². The quantitative estimate of drug-likeness (QED) is 0.835. The van der Waals surface area contributed by atoms with E-state index in [2.05, 4.69) is 36.4 Å². The van der Waals surface area contributed by atoms with E-state index < -0.39 is 0 Å². The van der Waals surface area contributed by atoms with Gasteiger partial charge in [-0.3, -0.25) is 4.68 Å². The third-order valence-electron chi connectivity index (χ3n) is 5.22. The van der Waals surface area contributed by atoms with Crippen molar-refractivity contribution in [2.75, 3.05) is 33.4 Å². The van der Waals surface area contributed by atoms with Crippen LogP contribution in [0.5, 0.6) is 0 Å². The summed E-state index contributed by atoms with van der Waals surface area (Å²) in [5.41, 5.74) is 2.66. The first kappa shape index (κ1) is 15.0. The highest BCUT2D eigenvalue weighted by Gasteiger charge is 2.52. The number of aryl methyl sites for hydroxylation is 1. The van der Waals surface area contributed by atoms with Crippen LogP contribution in [0.2, 0.25) is 0 Å². The number of likely N-dealkylation sites (tertiary alicyclic amines) is 1. The minimum absolute atomic E-state index is 0.469. The molecule has 0 amide bonds. The fraction of sp³-hybridized carbons (Fsp3) is 0.824. The molecule has 118 valence electrons. The molecule has 0 spiro atoms. The number of aromatic nitrogens is 2. The lowest BCUT2D eigenvalue weighted by molar-refractivity contribution is 0.147. The van der Waals surface area contributed by atoms with E-state index in [0.717, 1.165) is 30.9 Å². The smallest absolute Gasteiger partial charge is 0.0596 e. The summed E-state index contributed by atoms with van der Waals surface area (Å²) >= 11 is 0. The maximum absolute atomic E-state index is 5.21. The van der Waals surface area contributed by atoms with E-state index in [1.807, 2.05) is 0 Å². The van der Waals surface area contributed by atoms with Crippen LogP contribution in [-0.2, 0) is 4.74 Å². The fourth-order valence-electron chi connectivity index (χ4n) is 4.09. The highest BCUT2D eigenvalue weighted by molar-refractivity contribution is 5.25. The summed E-state index contributed by atoms with van der Waals surface area (Å²) in [6.07, 6.45) is 2.67. The average Bonchev–Trinajstić information content (AvgIpc) is 3.05. The van der Waals surface area contributed by atoms with Crippen LogP contribution in [0.3, 0.4) is 0 Å². The van der Waals surface area contributed by atoms with Crippen molar-refractivity contribution in [1.29, 1.82) is 0 Å². The molecule has 1 aromatic heterocycles. The summed E-state index contributed by atoms with van der Waals surface area (Å²) in [6, 6.07) is 2.79. The molecule has 0 N–H and O–H groups in total. The van der Waals surface area contributed by atoms with Crippen molar-refractivity contribution < 1.29 is 4.74 Å². The van der Waals surface area contributed by atoms with Gasteiger partial charge in [-0.25, -0.2) is 0 Å². The van der Waals surface area contributed by atoms with Gasteiger partial charge < -0.3 is 9.64 Å². The highest BCUT2D eigenvalue weighted by Crippen LogP contribution is 2.58. The number of methoxy groups -OCH3 is 1. The molecule has 0 radical (unpaired) electrons. The van der Waals surface area contributed by atoms with Crippen molar-refractivity contribution in [1.82, 2.24) is 14.7 Å². The zero-order valence-electron chi connectivity index (χ0n) is 13.9. The van der Waals surface area contributed by atoms with E-state index in [1.54, 1.807) is 7.11 Å². The van der Waals surface area contributed by atoms with Gasteiger partial charge >= 0.3 is 0 Å². The zero-order chi connectivity index (χ0) is 15.0. The predicted octanol–water partition coefficient (Wildman–Crippen LogP) is 2.84. The first-order valence-corrected chi connectivity index (χ1v) is 8.39. The van der Waals surface area contributed by atoms with Crippen LogP contribution in [0.4, 0.5) is 0 Å². The maximum atomic E-state index is 5.21. The largest absolute Gasteiger partial charge is 0.383 e. The van der Waals surface area contributed by atoms with Crippen LogP contribution >= 0.6 is 0 Å². The molecule has 2 atom stereocenters.